The molecule has 0 spiro atoms. The minimum absolute atomic E-state index is 0.263. The Kier molecular flexibility index (Phi) is 4.60. The lowest BCUT2D eigenvalue weighted by atomic mass is 10.0. The molecular weight excluding hydrogens is 480 g/mol. The maximum atomic E-state index is 10.6. The van der Waals surface area contributed by atoms with E-state index in [0.29, 0.717) is 0 Å². The van der Waals surface area contributed by atoms with Gasteiger partial charge in [0.25, 0.3) is 0 Å². The SMILES string of the molecule is Oc1ccccc1-c1ccc2c3ccccc3n(-c3ccc4c5ccccc5n(-c5ccccn5)c4n3)c2c1. The summed E-state index contributed by atoms with van der Waals surface area (Å²) in [4.78, 5) is 9.95. The molecule has 0 saturated carbocycles. The van der Waals surface area contributed by atoms with Crippen LogP contribution in [0.4, 0.5) is 0 Å². The van der Waals surface area contributed by atoms with Crippen molar-refractivity contribution in [1.29, 1.82) is 0 Å². The van der Waals surface area contributed by atoms with Crippen LogP contribution in [0.1, 0.15) is 0 Å². The molecule has 0 atom stereocenters. The first-order valence-corrected chi connectivity index (χ1v) is 12.9. The van der Waals surface area contributed by atoms with E-state index in [0.717, 1.165) is 66.5 Å². The molecule has 39 heavy (non-hydrogen) atoms. The van der Waals surface area contributed by atoms with Gasteiger partial charge in [-0.05, 0) is 54.1 Å². The van der Waals surface area contributed by atoms with Crippen molar-refractivity contribution in [3.8, 4) is 28.5 Å². The summed E-state index contributed by atoms with van der Waals surface area (Å²) in [7, 11) is 0. The summed E-state index contributed by atoms with van der Waals surface area (Å²) >= 11 is 0. The Balaban J connectivity index is 1.46. The molecule has 4 aromatic carbocycles. The molecule has 184 valence electrons. The van der Waals surface area contributed by atoms with Gasteiger partial charge in [-0.1, -0.05) is 72.8 Å². The van der Waals surface area contributed by atoms with Crippen LogP contribution in [0.25, 0.3) is 66.5 Å². The highest BCUT2D eigenvalue weighted by atomic mass is 16.3. The zero-order valence-corrected chi connectivity index (χ0v) is 20.9. The van der Waals surface area contributed by atoms with Crippen molar-refractivity contribution in [2.45, 2.75) is 0 Å². The lowest BCUT2D eigenvalue weighted by Crippen LogP contribution is -2.01. The predicted molar refractivity (Wildman–Crippen MR) is 158 cm³/mol. The number of pyridine rings is 2. The molecule has 5 heteroatoms. The van der Waals surface area contributed by atoms with E-state index in [-0.39, 0.29) is 5.75 Å². The van der Waals surface area contributed by atoms with Gasteiger partial charge in [0.15, 0.2) is 0 Å². The molecule has 4 aromatic heterocycles. The van der Waals surface area contributed by atoms with Crippen molar-refractivity contribution in [1.82, 2.24) is 19.1 Å². The van der Waals surface area contributed by atoms with Crippen LogP contribution in [0.15, 0.2) is 128 Å². The fraction of sp³-hybridized carbons (Fsp3) is 0. The van der Waals surface area contributed by atoms with Crippen LogP contribution in [0.5, 0.6) is 5.75 Å². The summed E-state index contributed by atoms with van der Waals surface area (Å²) in [5.41, 5.74) is 5.79. The number of phenols is 1. The van der Waals surface area contributed by atoms with Crippen molar-refractivity contribution in [2.24, 2.45) is 0 Å². The number of hydrogen-bond acceptors (Lipinski definition) is 3. The van der Waals surface area contributed by atoms with E-state index in [2.05, 4.69) is 93.0 Å². The average Bonchev–Trinajstić information content (AvgIpc) is 3.50. The van der Waals surface area contributed by atoms with Gasteiger partial charge in [-0.3, -0.25) is 9.13 Å². The number of rotatable bonds is 3. The minimum atomic E-state index is 0.263. The van der Waals surface area contributed by atoms with Crippen molar-refractivity contribution < 1.29 is 5.11 Å². The van der Waals surface area contributed by atoms with E-state index in [9.17, 15) is 5.11 Å². The van der Waals surface area contributed by atoms with E-state index in [4.69, 9.17) is 4.98 Å². The van der Waals surface area contributed by atoms with Gasteiger partial charge in [0.2, 0.25) is 0 Å². The molecule has 0 bridgehead atoms. The molecule has 1 N–H and O–H groups in total. The standard InChI is InChI=1S/C34H22N4O/c39-31-14-6-3-9-23(31)22-16-17-26-24-10-1-4-12-28(24)37(30(26)21-22)33-19-18-27-25-11-2-5-13-29(25)38(34(27)36-33)32-15-7-8-20-35-32/h1-21,39H. The normalized spacial score (nSPS) is 11.7. The smallest absolute Gasteiger partial charge is 0.149 e. The highest BCUT2D eigenvalue weighted by molar-refractivity contribution is 6.11. The van der Waals surface area contributed by atoms with Gasteiger partial charge in [0.1, 0.15) is 23.0 Å². The first-order chi connectivity index (χ1) is 19.3. The van der Waals surface area contributed by atoms with E-state index in [1.54, 1.807) is 6.07 Å². The van der Waals surface area contributed by atoms with Gasteiger partial charge in [0.05, 0.1) is 16.6 Å². The number of aromatic nitrogens is 4. The van der Waals surface area contributed by atoms with Crippen LogP contribution < -0.4 is 0 Å². The molecule has 8 aromatic rings. The van der Waals surface area contributed by atoms with E-state index < -0.39 is 0 Å². The Bertz CT molecular complexity index is 2190. The Hall–Kier alpha value is -5.42. The summed E-state index contributed by atoms with van der Waals surface area (Å²) in [5, 5.41) is 15.1. The molecule has 0 aliphatic heterocycles. The number of benzene rings is 4. The third-order valence-electron chi connectivity index (χ3n) is 7.50. The molecule has 0 amide bonds. The van der Waals surface area contributed by atoms with Gasteiger partial charge in [0, 0.05) is 33.3 Å². The maximum Gasteiger partial charge on any atom is 0.149 e. The van der Waals surface area contributed by atoms with Crippen LogP contribution in [0.3, 0.4) is 0 Å². The quantitative estimate of drug-likeness (QED) is 0.266. The third kappa shape index (κ3) is 3.20. The van der Waals surface area contributed by atoms with Crippen LogP contribution in [0.2, 0.25) is 0 Å². The van der Waals surface area contributed by atoms with Gasteiger partial charge in [-0.25, -0.2) is 9.97 Å². The molecule has 0 saturated heterocycles. The second kappa shape index (κ2) is 8.30. The van der Waals surface area contributed by atoms with E-state index >= 15 is 0 Å². The largest absolute Gasteiger partial charge is 0.507 e. The van der Waals surface area contributed by atoms with Gasteiger partial charge < -0.3 is 5.11 Å². The number of nitrogens with zero attached hydrogens (tertiary/aromatic N) is 4. The monoisotopic (exact) mass is 502 g/mol. The van der Waals surface area contributed by atoms with Gasteiger partial charge >= 0.3 is 0 Å². The number of aromatic hydroxyl groups is 1. The molecule has 0 aliphatic rings. The molecule has 4 heterocycles. The first kappa shape index (κ1) is 21.6. The minimum Gasteiger partial charge on any atom is -0.507 e. The van der Waals surface area contributed by atoms with E-state index in [1.165, 1.54) is 0 Å². The number of phenolic OH excluding ortho intramolecular Hbond substituents is 1. The number of hydrogen-bond donors (Lipinski definition) is 1. The van der Waals surface area contributed by atoms with Crippen LogP contribution in [0, 0.1) is 0 Å². The number of para-hydroxylation sites is 3. The number of fused-ring (bicyclic) bond motifs is 6. The lowest BCUT2D eigenvalue weighted by Gasteiger charge is -2.10. The Morgan fingerprint density at radius 1 is 0.513 bits per heavy atom. The van der Waals surface area contributed by atoms with E-state index in [1.807, 2.05) is 42.6 Å². The topological polar surface area (TPSA) is 55.9 Å². The molecule has 0 radical (unpaired) electrons. The fourth-order valence-electron chi connectivity index (χ4n) is 5.77. The maximum absolute atomic E-state index is 10.6. The zero-order chi connectivity index (χ0) is 25.9. The Morgan fingerprint density at radius 3 is 1.97 bits per heavy atom. The Morgan fingerprint density at radius 2 is 1.18 bits per heavy atom. The highest BCUT2D eigenvalue weighted by Crippen LogP contribution is 2.37. The Labute approximate surface area is 223 Å². The van der Waals surface area contributed by atoms with Crippen LogP contribution in [-0.2, 0) is 0 Å². The summed E-state index contributed by atoms with van der Waals surface area (Å²) in [6, 6.07) is 40.8. The molecule has 0 unspecified atom stereocenters. The van der Waals surface area contributed by atoms with Gasteiger partial charge in [-0.2, -0.15) is 0 Å². The van der Waals surface area contributed by atoms with Crippen LogP contribution in [-0.4, -0.2) is 24.2 Å². The summed E-state index contributed by atoms with van der Waals surface area (Å²) in [6.07, 6.45) is 1.81. The van der Waals surface area contributed by atoms with Crippen molar-refractivity contribution in [3.63, 3.8) is 0 Å². The first-order valence-electron chi connectivity index (χ1n) is 12.9. The lowest BCUT2D eigenvalue weighted by molar-refractivity contribution is 0.477. The highest BCUT2D eigenvalue weighted by Gasteiger charge is 2.18. The molecule has 0 aliphatic carbocycles. The van der Waals surface area contributed by atoms with Gasteiger partial charge in [-0.15, -0.1) is 0 Å². The predicted octanol–water partition coefficient (Wildman–Crippen LogP) is 8.04. The van der Waals surface area contributed by atoms with Crippen molar-refractivity contribution >= 4 is 43.7 Å². The summed E-state index contributed by atoms with van der Waals surface area (Å²) < 4.78 is 4.35. The van der Waals surface area contributed by atoms with Crippen LogP contribution >= 0.6 is 0 Å². The zero-order valence-electron chi connectivity index (χ0n) is 20.9. The summed E-state index contributed by atoms with van der Waals surface area (Å²) in [6.45, 7) is 0. The molecular formula is C34H22N4O. The average molecular weight is 503 g/mol. The third-order valence-corrected chi connectivity index (χ3v) is 7.50. The van der Waals surface area contributed by atoms with Crippen molar-refractivity contribution in [2.75, 3.05) is 0 Å². The second-order valence-electron chi connectivity index (χ2n) is 9.68. The summed E-state index contributed by atoms with van der Waals surface area (Å²) in [5.74, 6) is 1.92. The molecule has 8 rings (SSSR count). The fourth-order valence-corrected chi connectivity index (χ4v) is 5.77. The second-order valence-corrected chi connectivity index (χ2v) is 9.68. The van der Waals surface area contributed by atoms with Crippen molar-refractivity contribution in [3.05, 3.63) is 128 Å². The molecule has 0 fully saturated rings. The molecule has 5 nitrogen and oxygen atoms in total.